The van der Waals surface area contributed by atoms with E-state index in [-0.39, 0.29) is 5.78 Å². The van der Waals surface area contributed by atoms with Gasteiger partial charge in [-0.3, -0.25) is 9.36 Å². The molecule has 1 aromatic carbocycles. The van der Waals surface area contributed by atoms with Crippen LogP contribution in [0, 0.1) is 6.92 Å². The van der Waals surface area contributed by atoms with Crippen molar-refractivity contribution in [3.05, 3.63) is 66.2 Å². The number of aryl methyl sites for hydroxylation is 1. The number of hydrogen-bond acceptors (Lipinski definition) is 5. The Morgan fingerprint density at radius 1 is 1.14 bits per heavy atom. The maximum atomic E-state index is 12.1. The molecule has 3 rings (SSSR count). The fourth-order valence-electron chi connectivity index (χ4n) is 1.88. The first-order valence-corrected chi connectivity index (χ1v) is 7.76. The summed E-state index contributed by atoms with van der Waals surface area (Å²) in [5.41, 5.74) is 1.87. The molecule has 0 aliphatic heterocycles. The molecule has 5 nitrogen and oxygen atoms in total. The molecule has 2 heterocycles. The van der Waals surface area contributed by atoms with E-state index in [0.29, 0.717) is 11.6 Å². The Morgan fingerprint density at radius 3 is 2.59 bits per heavy atom. The van der Waals surface area contributed by atoms with Crippen molar-refractivity contribution in [1.82, 2.24) is 19.7 Å². The van der Waals surface area contributed by atoms with Gasteiger partial charge in [0.25, 0.3) is 0 Å². The summed E-state index contributed by atoms with van der Waals surface area (Å²) < 4.78 is 1.78. The minimum Gasteiger partial charge on any atom is -0.293 e. The molecule has 0 unspecified atom stereocenters. The molecule has 0 radical (unpaired) electrons. The van der Waals surface area contributed by atoms with Crippen molar-refractivity contribution in [2.24, 2.45) is 0 Å². The number of hydrogen-bond donors (Lipinski definition) is 0. The largest absolute Gasteiger partial charge is 0.293 e. The number of ketones is 1. The van der Waals surface area contributed by atoms with Crippen molar-refractivity contribution >= 4 is 17.5 Å². The van der Waals surface area contributed by atoms with E-state index in [1.54, 1.807) is 23.3 Å². The Balaban J connectivity index is 1.61. The standard InChI is InChI=1S/C16H14N4OS/c1-12-2-4-13(5-3-12)14(21)10-22-16-7-6-15(18-19-16)20-9-8-17-11-20/h2-9,11H,10H2,1H3. The van der Waals surface area contributed by atoms with E-state index in [2.05, 4.69) is 15.2 Å². The second-order valence-corrected chi connectivity index (χ2v) is 5.77. The monoisotopic (exact) mass is 310 g/mol. The molecule has 0 bridgehead atoms. The summed E-state index contributed by atoms with van der Waals surface area (Å²) in [4.78, 5) is 16.1. The summed E-state index contributed by atoms with van der Waals surface area (Å²) in [6, 6.07) is 11.3. The normalized spacial score (nSPS) is 10.6. The van der Waals surface area contributed by atoms with Crippen molar-refractivity contribution < 1.29 is 4.79 Å². The van der Waals surface area contributed by atoms with Crippen LogP contribution in [0.15, 0.2) is 60.1 Å². The SMILES string of the molecule is Cc1ccc(C(=O)CSc2ccc(-n3ccnc3)nn2)cc1. The Morgan fingerprint density at radius 2 is 1.95 bits per heavy atom. The van der Waals surface area contributed by atoms with Crippen LogP contribution in [0.5, 0.6) is 0 Å². The van der Waals surface area contributed by atoms with Gasteiger partial charge in [-0.2, -0.15) is 0 Å². The summed E-state index contributed by atoms with van der Waals surface area (Å²) >= 11 is 1.39. The zero-order chi connectivity index (χ0) is 15.4. The number of benzene rings is 1. The minimum absolute atomic E-state index is 0.0884. The summed E-state index contributed by atoms with van der Waals surface area (Å²) in [5.74, 6) is 1.14. The van der Waals surface area contributed by atoms with E-state index in [1.165, 1.54) is 11.8 Å². The summed E-state index contributed by atoms with van der Waals surface area (Å²) in [7, 11) is 0. The highest BCUT2D eigenvalue weighted by Gasteiger charge is 2.07. The van der Waals surface area contributed by atoms with Gasteiger partial charge in [0.15, 0.2) is 11.6 Å². The van der Waals surface area contributed by atoms with Crippen LogP contribution < -0.4 is 0 Å². The van der Waals surface area contributed by atoms with Gasteiger partial charge in [0.2, 0.25) is 0 Å². The van der Waals surface area contributed by atoms with Crippen molar-refractivity contribution in [2.45, 2.75) is 11.9 Å². The molecule has 22 heavy (non-hydrogen) atoms. The van der Waals surface area contributed by atoms with Crippen LogP contribution in [0.4, 0.5) is 0 Å². The maximum Gasteiger partial charge on any atom is 0.173 e. The molecule has 0 amide bonds. The molecule has 0 N–H and O–H groups in total. The van der Waals surface area contributed by atoms with Crippen LogP contribution in [0.3, 0.4) is 0 Å². The number of aromatic nitrogens is 4. The summed E-state index contributed by atoms with van der Waals surface area (Å²) in [5, 5.41) is 8.98. The molecule has 2 aromatic heterocycles. The zero-order valence-electron chi connectivity index (χ0n) is 12.0. The molecule has 0 aliphatic carbocycles. The van der Waals surface area contributed by atoms with Gasteiger partial charge in [-0.1, -0.05) is 41.6 Å². The van der Waals surface area contributed by atoms with Gasteiger partial charge in [0, 0.05) is 18.0 Å². The van der Waals surface area contributed by atoms with Gasteiger partial charge in [-0.15, -0.1) is 10.2 Å². The van der Waals surface area contributed by atoms with E-state index < -0.39 is 0 Å². The van der Waals surface area contributed by atoms with Crippen LogP contribution in [-0.2, 0) is 0 Å². The number of carbonyl (C=O) groups is 1. The smallest absolute Gasteiger partial charge is 0.173 e. The lowest BCUT2D eigenvalue weighted by Crippen LogP contribution is -2.03. The molecule has 6 heteroatoms. The van der Waals surface area contributed by atoms with E-state index in [9.17, 15) is 4.79 Å². The Labute approximate surface area is 132 Å². The molecular weight excluding hydrogens is 296 g/mol. The summed E-state index contributed by atoms with van der Waals surface area (Å²) in [6.07, 6.45) is 5.15. The highest BCUT2D eigenvalue weighted by atomic mass is 32.2. The van der Waals surface area contributed by atoms with E-state index in [4.69, 9.17) is 0 Å². The van der Waals surface area contributed by atoms with Crippen LogP contribution >= 0.6 is 11.8 Å². The Hall–Kier alpha value is -2.47. The second kappa shape index (κ2) is 6.53. The number of nitrogens with zero attached hydrogens (tertiary/aromatic N) is 4. The third-order valence-electron chi connectivity index (χ3n) is 3.12. The average molecular weight is 310 g/mol. The molecular formula is C16H14N4OS. The Bertz CT molecular complexity index is 752. The number of rotatable bonds is 5. The molecule has 0 saturated heterocycles. The van der Waals surface area contributed by atoms with Crippen LogP contribution in [-0.4, -0.2) is 31.3 Å². The quantitative estimate of drug-likeness (QED) is 0.535. The molecule has 110 valence electrons. The first kappa shape index (κ1) is 14.5. The predicted octanol–water partition coefficient (Wildman–Crippen LogP) is 2.95. The van der Waals surface area contributed by atoms with E-state index in [0.717, 1.165) is 16.2 Å². The average Bonchev–Trinajstić information content (AvgIpc) is 3.08. The molecule has 0 fully saturated rings. The van der Waals surface area contributed by atoms with Crippen molar-refractivity contribution in [3.63, 3.8) is 0 Å². The van der Waals surface area contributed by atoms with E-state index in [1.807, 2.05) is 43.3 Å². The molecule has 0 aliphatic rings. The fraction of sp³-hybridized carbons (Fsp3) is 0.125. The third-order valence-corrected chi connectivity index (χ3v) is 4.04. The lowest BCUT2D eigenvalue weighted by Gasteiger charge is -2.03. The van der Waals surface area contributed by atoms with Crippen LogP contribution in [0.2, 0.25) is 0 Å². The summed E-state index contributed by atoms with van der Waals surface area (Å²) in [6.45, 7) is 2.00. The molecule has 0 atom stereocenters. The molecule has 0 spiro atoms. The highest BCUT2D eigenvalue weighted by molar-refractivity contribution is 7.99. The zero-order valence-corrected chi connectivity index (χ0v) is 12.8. The van der Waals surface area contributed by atoms with Gasteiger partial charge in [0.05, 0.1) is 5.75 Å². The third kappa shape index (κ3) is 3.40. The van der Waals surface area contributed by atoms with Crippen molar-refractivity contribution in [2.75, 3.05) is 5.75 Å². The van der Waals surface area contributed by atoms with Gasteiger partial charge in [-0.05, 0) is 19.1 Å². The molecule has 0 saturated carbocycles. The lowest BCUT2D eigenvalue weighted by molar-refractivity contribution is 0.102. The molecule has 3 aromatic rings. The maximum absolute atomic E-state index is 12.1. The van der Waals surface area contributed by atoms with E-state index >= 15 is 0 Å². The minimum atomic E-state index is 0.0884. The van der Waals surface area contributed by atoms with Crippen LogP contribution in [0.1, 0.15) is 15.9 Å². The number of thioether (sulfide) groups is 1. The number of Topliss-reactive ketones (excluding diaryl/α,β-unsaturated/α-hetero) is 1. The van der Waals surface area contributed by atoms with Gasteiger partial charge < -0.3 is 0 Å². The van der Waals surface area contributed by atoms with Gasteiger partial charge >= 0.3 is 0 Å². The highest BCUT2D eigenvalue weighted by Crippen LogP contribution is 2.17. The van der Waals surface area contributed by atoms with Gasteiger partial charge in [0.1, 0.15) is 11.4 Å². The number of carbonyl (C=O) groups excluding carboxylic acids is 1. The van der Waals surface area contributed by atoms with Crippen LogP contribution in [0.25, 0.3) is 5.82 Å². The second-order valence-electron chi connectivity index (χ2n) is 4.78. The fourth-order valence-corrected chi connectivity index (χ4v) is 2.59. The van der Waals surface area contributed by atoms with Crippen molar-refractivity contribution in [3.8, 4) is 5.82 Å². The lowest BCUT2D eigenvalue weighted by atomic mass is 10.1. The number of imidazole rings is 1. The van der Waals surface area contributed by atoms with Crippen molar-refractivity contribution in [1.29, 1.82) is 0 Å². The topological polar surface area (TPSA) is 60.7 Å². The predicted molar refractivity (Wildman–Crippen MR) is 85.4 cm³/mol. The van der Waals surface area contributed by atoms with Gasteiger partial charge in [-0.25, -0.2) is 4.98 Å². The first-order chi connectivity index (χ1) is 10.7. The Kier molecular flexibility index (Phi) is 4.29. The first-order valence-electron chi connectivity index (χ1n) is 6.77.